The highest BCUT2D eigenvalue weighted by Crippen LogP contribution is 2.40. The Kier molecular flexibility index (Phi) is 4.60. The molecule has 2 saturated heterocycles. The van der Waals surface area contributed by atoms with Gasteiger partial charge in [-0.05, 0) is 34.2 Å². The molecule has 2 aliphatic heterocycles. The molecule has 2 N–H and O–H groups in total. The zero-order chi connectivity index (χ0) is 14.0. The van der Waals surface area contributed by atoms with Crippen LogP contribution in [0.3, 0.4) is 0 Å². The topological polar surface area (TPSA) is 44.5 Å². The van der Waals surface area contributed by atoms with Crippen molar-refractivity contribution >= 4 is 27.7 Å². The van der Waals surface area contributed by atoms with Crippen molar-refractivity contribution in [2.45, 2.75) is 37.5 Å². The number of hydrogen-bond acceptors (Lipinski definition) is 4. The molecule has 2 unspecified atom stereocenters. The average Bonchev–Trinajstić information content (AvgIpc) is 2.89. The molecule has 2 heterocycles. The molecule has 110 valence electrons. The first-order chi connectivity index (χ1) is 9.72. The Morgan fingerprint density at radius 2 is 2.40 bits per heavy atom. The van der Waals surface area contributed by atoms with Crippen LogP contribution in [0.1, 0.15) is 24.8 Å². The minimum absolute atomic E-state index is 0.0533. The number of thioether (sulfide) groups is 1. The third kappa shape index (κ3) is 3.01. The second-order valence-electron chi connectivity index (χ2n) is 5.50. The van der Waals surface area contributed by atoms with Crippen molar-refractivity contribution in [1.82, 2.24) is 0 Å². The van der Waals surface area contributed by atoms with Crippen molar-refractivity contribution in [3.05, 3.63) is 28.2 Å². The molecule has 3 rings (SSSR count). The molecule has 2 atom stereocenters. The Morgan fingerprint density at radius 1 is 1.50 bits per heavy atom. The van der Waals surface area contributed by atoms with Crippen LogP contribution in [-0.4, -0.2) is 29.8 Å². The molecule has 20 heavy (non-hydrogen) atoms. The summed E-state index contributed by atoms with van der Waals surface area (Å²) < 4.78 is 13.3. The summed E-state index contributed by atoms with van der Waals surface area (Å²) in [7, 11) is 0. The van der Waals surface area contributed by atoms with Gasteiger partial charge in [-0.3, -0.25) is 0 Å². The summed E-state index contributed by atoms with van der Waals surface area (Å²) in [6.07, 6.45) is 3.33. The van der Waals surface area contributed by atoms with Crippen molar-refractivity contribution < 1.29 is 9.47 Å². The molecule has 0 aliphatic carbocycles. The van der Waals surface area contributed by atoms with Gasteiger partial charge in [0, 0.05) is 30.7 Å². The number of para-hydroxylation sites is 1. The van der Waals surface area contributed by atoms with Crippen molar-refractivity contribution in [2.75, 3.05) is 18.1 Å². The van der Waals surface area contributed by atoms with E-state index < -0.39 is 0 Å². The minimum Gasteiger partial charge on any atom is -0.489 e. The van der Waals surface area contributed by atoms with Crippen LogP contribution in [-0.2, 0) is 11.3 Å². The Bertz CT molecular complexity index is 477. The van der Waals surface area contributed by atoms with E-state index in [1.54, 1.807) is 0 Å². The molecule has 1 aromatic carbocycles. The molecule has 0 saturated carbocycles. The Balaban J connectivity index is 1.74. The molecule has 0 radical (unpaired) electrons. The molecular weight excluding hydrogens is 338 g/mol. The Labute approximate surface area is 132 Å². The highest BCUT2D eigenvalue weighted by molar-refractivity contribution is 9.10. The van der Waals surface area contributed by atoms with Crippen molar-refractivity contribution in [2.24, 2.45) is 5.73 Å². The number of benzene rings is 1. The van der Waals surface area contributed by atoms with E-state index in [9.17, 15) is 0 Å². The fraction of sp³-hybridized carbons (Fsp3) is 0.600. The third-order valence-electron chi connectivity index (χ3n) is 4.07. The summed E-state index contributed by atoms with van der Waals surface area (Å²) >= 11 is 5.56. The first-order valence-corrected chi connectivity index (χ1v) is 9.03. The van der Waals surface area contributed by atoms with Gasteiger partial charge in [0.25, 0.3) is 0 Å². The van der Waals surface area contributed by atoms with Crippen LogP contribution in [0.5, 0.6) is 5.75 Å². The number of nitrogens with two attached hydrogens (primary N) is 1. The van der Waals surface area contributed by atoms with Crippen LogP contribution < -0.4 is 10.5 Å². The highest BCUT2D eigenvalue weighted by Gasteiger charge is 2.41. The quantitative estimate of drug-likeness (QED) is 0.900. The second kappa shape index (κ2) is 6.26. The van der Waals surface area contributed by atoms with Gasteiger partial charge in [0.2, 0.25) is 0 Å². The summed E-state index contributed by atoms with van der Waals surface area (Å²) in [6, 6.07) is 6.04. The molecule has 3 nitrogen and oxygen atoms in total. The van der Waals surface area contributed by atoms with Gasteiger partial charge in [0.15, 0.2) is 0 Å². The van der Waals surface area contributed by atoms with Gasteiger partial charge in [-0.2, -0.15) is 11.8 Å². The molecule has 1 spiro atoms. The summed E-state index contributed by atoms with van der Waals surface area (Å²) in [4.78, 5) is 0. The van der Waals surface area contributed by atoms with Crippen LogP contribution in [0.25, 0.3) is 0 Å². The van der Waals surface area contributed by atoms with Crippen LogP contribution >= 0.6 is 27.7 Å². The fourth-order valence-electron chi connectivity index (χ4n) is 2.96. The zero-order valence-electron chi connectivity index (χ0n) is 11.4. The van der Waals surface area contributed by atoms with Crippen molar-refractivity contribution in [1.29, 1.82) is 0 Å². The standard InChI is InChI=1S/C15H20BrNO2S/c16-13-3-1-2-11(9-17)14(13)19-12-4-6-18-15(8-12)5-7-20-10-15/h1-3,12H,4-10,17H2. The normalized spacial score (nSPS) is 29.8. The zero-order valence-corrected chi connectivity index (χ0v) is 13.8. The molecule has 5 heteroatoms. The van der Waals surface area contributed by atoms with Gasteiger partial charge in [-0.15, -0.1) is 0 Å². The van der Waals surface area contributed by atoms with E-state index >= 15 is 0 Å². The maximum Gasteiger partial charge on any atom is 0.138 e. The molecule has 0 amide bonds. The summed E-state index contributed by atoms with van der Waals surface area (Å²) in [5.74, 6) is 3.21. The van der Waals surface area contributed by atoms with Gasteiger partial charge in [-0.1, -0.05) is 12.1 Å². The van der Waals surface area contributed by atoms with Crippen molar-refractivity contribution in [3.63, 3.8) is 0 Å². The lowest BCUT2D eigenvalue weighted by Crippen LogP contribution is -2.44. The molecule has 0 aromatic heterocycles. The van der Waals surface area contributed by atoms with E-state index in [2.05, 4.69) is 15.9 Å². The number of rotatable bonds is 3. The molecule has 2 fully saturated rings. The van der Waals surface area contributed by atoms with E-state index in [1.807, 2.05) is 30.0 Å². The Morgan fingerprint density at radius 3 is 3.15 bits per heavy atom. The maximum atomic E-state index is 6.28. The summed E-state index contributed by atoms with van der Waals surface area (Å²) in [5.41, 5.74) is 6.92. The van der Waals surface area contributed by atoms with E-state index in [0.717, 1.165) is 47.4 Å². The van der Waals surface area contributed by atoms with Crippen LogP contribution in [0, 0.1) is 0 Å². The predicted octanol–water partition coefficient (Wildman–Crippen LogP) is 3.34. The summed E-state index contributed by atoms with van der Waals surface area (Å²) in [5, 5.41) is 0. The lowest BCUT2D eigenvalue weighted by atomic mass is 9.91. The fourth-order valence-corrected chi connectivity index (χ4v) is 4.84. The first-order valence-electron chi connectivity index (χ1n) is 7.08. The van der Waals surface area contributed by atoms with E-state index in [0.29, 0.717) is 6.54 Å². The number of ether oxygens (including phenoxy) is 2. The predicted molar refractivity (Wildman–Crippen MR) is 86.3 cm³/mol. The van der Waals surface area contributed by atoms with E-state index in [1.165, 1.54) is 5.75 Å². The van der Waals surface area contributed by atoms with Crippen molar-refractivity contribution in [3.8, 4) is 5.75 Å². The maximum absolute atomic E-state index is 6.28. The van der Waals surface area contributed by atoms with Crippen LogP contribution in [0.15, 0.2) is 22.7 Å². The third-order valence-corrected chi connectivity index (χ3v) is 5.92. The van der Waals surface area contributed by atoms with Gasteiger partial charge in [0.05, 0.1) is 16.7 Å². The van der Waals surface area contributed by atoms with Crippen LogP contribution in [0.4, 0.5) is 0 Å². The lowest BCUT2D eigenvalue weighted by Gasteiger charge is -2.38. The average molecular weight is 358 g/mol. The lowest BCUT2D eigenvalue weighted by molar-refractivity contribution is -0.0961. The number of halogens is 1. The van der Waals surface area contributed by atoms with Gasteiger partial charge >= 0.3 is 0 Å². The second-order valence-corrected chi connectivity index (χ2v) is 7.46. The number of hydrogen-bond donors (Lipinski definition) is 1. The first kappa shape index (κ1) is 14.7. The Hall–Kier alpha value is -0.230. The highest BCUT2D eigenvalue weighted by atomic mass is 79.9. The molecule has 1 aromatic rings. The van der Waals surface area contributed by atoms with Gasteiger partial charge in [0.1, 0.15) is 11.9 Å². The molecular formula is C15H20BrNO2S. The smallest absolute Gasteiger partial charge is 0.138 e. The van der Waals surface area contributed by atoms with E-state index in [4.69, 9.17) is 15.2 Å². The van der Waals surface area contributed by atoms with Crippen LogP contribution in [0.2, 0.25) is 0 Å². The minimum atomic E-state index is 0.0533. The largest absolute Gasteiger partial charge is 0.489 e. The van der Waals surface area contributed by atoms with E-state index in [-0.39, 0.29) is 11.7 Å². The molecule has 0 bridgehead atoms. The molecule has 2 aliphatic rings. The van der Waals surface area contributed by atoms with Gasteiger partial charge in [-0.25, -0.2) is 0 Å². The van der Waals surface area contributed by atoms with Gasteiger partial charge < -0.3 is 15.2 Å². The monoisotopic (exact) mass is 357 g/mol. The summed E-state index contributed by atoms with van der Waals surface area (Å²) in [6.45, 7) is 1.30. The SMILES string of the molecule is NCc1cccc(Br)c1OC1CCOC2(CCSC2)C1.